The van der Waals surface area contributed by atoms with Crippen molar-refractivity contribution in [2.45, 2.75) is 52.0 Å². The summed E-state index contributed by atoms with van der Waals surface area (Å²) in [4.78, 5) is 25.0. The van der Waals surface area contributed by atoms with Gasteiger partial charge in [0.2, 0.25) is 5.91 Å². The van der Waals surface area contributed by atoms with Gasteiger partial charge in [0.15, 0.2) is 0 Å². The van der Waals surface area contributed by atoms with Crippen molar-refractivity contribution >= 4 is 17.7 Å². The van der Waals surface area contributed by atoms with Gasteiger partial charge in [-0.25, -0.2) is 9.18 Å². The van der Waals surface area contributed by atoms with Gasteiger partial charge in [-0.15, -0.1) is 0 Å². The zero-order chi connectivity index (χ0) is 21.4. The maximum absolute atomic E-state index is 13.9. The summed E-state index contributed by atoms with van der Waals surface area (Å²) in [7, 11) is 0. The predicted octanol–water partition coefficient (Wildman–Crippen LogP) is 4.26. The summed E-state index contributed by atoms with van der Waals surface area (Å²) < 4.78 is 24.9. The van der Waals surface area contributed by atoms with Gasteiger partial charge in [-0.1, -0.05) is 42.5 Å². The molecule has 0 heterocycles. The average molecular weight is 402 g/mol. The van der Waals surface area contributed by atoms with Crippen molar-refractivity contribution in [3.05, 3.63) is 66.0 Å². The fourth-order valence-electron chi connectivity index (χ4n) is 2.50. The number of nitrogens with one attached hydrogen (secondary N) is 2. The predicted molar refractivity (Wildman–Crippen MR) is 109 cm³/mol. The second-order valence-corrected chi connectivity index (χ2v) is 7.59. The lowest BCUT2D eigenvalue weighted by molar-refractivity contribution is -0.122. The number of hydrogen-bond donors (Lipinski definition) is 2. The molecule has 6 nitrogen and oxygen atoms in total. The fraction of sp³-hybridized carbons (Fsp3) is 0.364. The minimum absolute atomic E-state index is 0.0174. The van der Waals surface area contributed by atoms with Crippen LogP contribution in [0.2, 0.25) is 0 Å². The van der Waals surface area contributed by atoms with Gasteiger partial charge in [0, 0.05) is 0 Å². The van der Waals surface area contributed by atoms with Crippen LogP contribution >= 0.6 is 0 Å². The Bertz CT molecular complexity index is 821. The Kier molecular flexibility index (Phi) is 7.73. The van der Waals surface area contributed by atoms with Gasteiger partial charge in [0.25, 0.3) is 0 Å². The Labute approximate surface area is 170 Å². The topological polar surface area (TPSA) is 76.7 Å². The summed E-state index contributed by atoms with van der Waals surface area (Å²) in [6.45, 7) is 7.07. The molecule has 7 heteroatoms. The normalized spacial score (nSPS) is 13.3. The molecule has 2 rings (SSSR count). The van der Waals surface area contributed by atoms with Gasteiger partial charge >= 0.3 is 6.09 Å². The van der Waals surface area contributed by atoms with E-state index in [2.05, 4.69) is 10.6 Å². The Morgan fingerprint density at radius 1 is 1.03 bits per heavy atom. The minimum Gasteiger partial charge on any atom is -0.444 e. The quantitative estimate of drug-likeness (QED) is 0.725. The second kappa shape index (κ2) is 10.0. The molecule has 2 atom stereocenters. The molecule has 2 N–H and O–H groups in total. The standard InChI is InChI=1S/C22H27FN2O4/c1-15(28-14-16-10-6-5-7-11-16)19(25-21(27)29-22(2,3)4)20(26)24-18-13-9-8-12-17(18)23/h5-13,15,19H,14H2,1-4H3,(H,24,26)(H,25,27)/t15-,19+/m0/s1. The number of anilines is 1. The van der Waals surface area contributed by atoms with Crippen LogP contribution in [0, 0.1) is 5.82 Å². The fourth-order valence-corrected chi connectivity index (χ4v) is 2.50. The molecule has 0 aliphatic carbocycles. The number of para-hydroxylation sites is 1. The molecule has 2 aromatic rings. The number of hydrogen-bond acceptors (Lipinski definition) is 4. The number of benzene rings is 2. The van der Waals surface area contributed by atoms with Crippen molar-refractivity contribution in [2.24, 2.45) is 0 Å². The molecule has 0 bridgehead atoms. The number of halogens is 1. The molecule has 0 saturated heterocycles. The minimum atomic E-state index is -1.09. The molecule has 0 aliphatic rings. The molecule has 0 fully saturated rings. The maximum Gasteiger partial charge on any atom is 0.408 e. The third kappa shape index (κ3) is 7.54. The van der Waals surface area contributed by atoms with Gasteiger partial charge in [-0.05, 0) is 45.4 Å². The van der Waals surface area contributed by atoms with Crippen LogP contribution in [-0.2, 0) is 20.9 Å². The van der Waals surface area contributed by atoms with Gasteiger partial charge in [0.1, 0.15) is 17.5 Å². The van der Waals surface area contributed by atoms with Crippen LogP contribution in [0.15, 0.2) is 54.6 Å². The monoisotopic (exact) mass is 402 g/mol. The molecule has 0 aliphatic heterocycles. The smallest absolute Gasteiger partial charge is 0.408 e. The summed E-state index contributed by atoms with van der Waals surface area (Å²) >= 11 is 0. The molecule has 0 unspecified atom stereocenters. The highest BCUT2D eigenvalue weighted by atomic mass is 19.1. The van der Waals surface area contributed by atoms with Crippen molar-refractivity contribution in [1.82, 2.24) is 5.32 Å². The Morgan fingerprint density at radius 2 is 1.66 bits per heavy atom. The highest BCUT2D eigenvalue weighted by Crippen LogP contribution is 2.15. The Hall–Kier alpha value is -2.93. The Morgan fingerprint density at radius 3 is 2.28 bits per heavy atom. The highest BCUT2D eigenvalue weighted by molar-refractivity contribution is 5.97. The first-order valence-corrected chi connectivity index (χ1v) is 9.36. The van der Waals surface area contributed by atoms with E-state index in [4.69, 9.17) is 9.47 Å². The second-order valence-electron chi connectivity index (χ2n) is 7.59. The van der Waals surface area contributed by atoms with Crippen molar-refractivity contribution < 1.29 is 23.5 Å². The van der Waals surface area contributed by atoms with E-state index in [-0.39, 0.29) is 12.3 Å². The summed E-state index contributed by atoms with van der Waals surface area (Å²) in [6.07, 6.45) is -1.46. The van der Waals surface area contributed by atoms with E-state index in [1.807, 2.05) is 30.3 Å². The van der Waals surface area contributed by atoms with Crippen LogP contribution in [0.5, 0.6) is 0 Å². The lowest BCUT2D eigenvalue weighted by Crippen LogP contribution is -2.52. The SMILES string of the molecule is C[C@H](OCc1ccccc1)[C@@H](NC(=O)OC(C)(C)C)C(=O)Nc1ccccc1F. The van der Waals surface area contributed by atoms with Crippen LogP contribution < -0.4 is 10.6 Å². The van der Waals surface area contributed by atoms with E-state index >= 15 is 0 Å². The van der Waals surface area contributed by atoms with Crippen LogP contribution in [0.4, 0.5) is 14.9 Å². The van der Waals surface area contributed by atoms with E-state index in [1.165, 1.54) is 18.2 Å². The molecule has 2 amide bonds. The molecule has 0 saturated carbocycles. The van der Waals surface area contributed by atoms with Crippen LogP contribution in [0.25, 0.3) is 0 Å². The third-order valence-electron chi connectivity index (χ3n) is 3.91. The van der Waals surface area contributed by atoms with Crippen LogP contribution in [0.1, 0.15) is 33.3 Å². The molecular weight excluding hydrogens is 375 g/mol. The zero-order valence-corrected chi connectivity index (χ0v) is 17.1. The van der Waals surface area contributed by atoms with Crippen molar-refractivity contribution in [1.29, 1.82) is 0 Å². The summed E-state index contributed by atoms with van der Waals surface area (Å²) in [5.74, 6) is -1.18. The van der Waals surface area contributed by atoms with E-state index in [0.717, 1.165) is 5.56 Å². The van der Waals surface area contributed by atoms with Crippen molar-refractivity contribution in [3.8, 4) is 0 Å². The molecule has 0 aromatic heterocycles. The highest BCUT2D eigenvalue weighted by Gasteiger charge is 2.30. The molecule has 0 radical (unpaired) electrons. The number of ether oxygens (including phenoxy) is 2. The molecule has 29 heavy (non-hydrogen) atoms. The molecule has 2 aromatic carbocycles. The maximum atomic E-state index is 13.9. The molecule has 0 spiro atoms. The number of carbonyl (C=O) groups excluding carboxylic acids is 2. The summed E-state index contributed by atoms with van der Waals surface area (Å²) in [5, 5.41) is 5.02. The van der Waals surface area contributed by atoms with Crippen LogP contribution in [0.3, 0.4) is 0 Å². The first-order valence-electron chi connectivity index (χ1n) is 9.36. The number of alkyl carbamates (subject to hydrolysis) is 1. The number of carbonyl (C=O) groups is 2. The van der Waals surface area contributed by atoms with Crippen molar-refractivity contribution in [2.75, 3.05) is 5.32 Å². The van der Waals surface area contributed by atoms with E-state index < -0.39 is 35.6 Å². The zero-order valence-electron chi connectivity index (χ0n) is 17.1. The molecular formula is C22H27FN2O4. The Balaban J connectivity index is 2.11. The van der Waals surface area contributed by atoms with Gasteiger partial charge in [-0.2, -0.15) is 0 Å². The molecule has 156 valence electrons. The first-order chi connectivity index (χ1) is 13.7. The average Bonchev–Trinajstić information content (AvgIpc) is 2.65. The lowest BCUT2D eigenvalue weighted by Gasteiger charge is -2.27. The summed E-state index contributed by atoms with van der Waals surface area (Å²) in [6, 6.07) is 14.1. The lowest BCUT2D eigenvalue weighted by atomic mass is 10.1. The van der Waals surface area contributed by atoms with Crippen LogP contribution in [-0.4, -0.2) is 29.7 Å². The van der Waals surface area contributed by atoms with E-state index in [0.29, 0.717) is 0 Å². The van der Waals surface area contributed by atoms with Crippen molar-refractivity contribution in [3.63, 3.8) is 0 Å². The van der Waals surface area contributed by atoms with Gasteiger partial charge in [0.05, 0.1) is 18.4 Å². The van der Waals surface area contributed by atoms with E-state index in [1.54, 1.807) is 33.8 Å². The van der Waals surface area contributed by atoms with E-state index in [9.17, 15) is 14.0 Å². The largest absolute Gasteiger partial charge is 0.444 e. The van der Waals surface area contributed by atoms with Gasteiger partial charge < -0.3 is 20.1 Å². The summed E-state index contributed by atoms with van der Waals surface area (Å²) in [5.41, 5.74) is 0.207. The van der Waals surface area contributed by atoms with Gasteiger partial charge in [-0.3, -0.25) is 4.79 Å². The first kappa shape index (κ1) is 22.4. The number of rotatable bonds is 7. The third-order valence-corrected chi connectivity index (χ3v) is 3.91. The number of amides is 2.